The number of halogens is 3. The largest absolute Gasteiger partial charge is 0.497 e. The zero-order chi connectivity index (χ0) is 26.9. The number of para-hydroxylation sites is 2. The summed E-state index contributed by atoms with van der Waals surface area (Å²) in [7, 11) is 5.05. The first kappa shape index (κ1) is 26.1. The highest BCUT2D eigenvalue weighted by molar-refractivity contribution is 6.08. The Morgan fingerprint density at radius 3 is 2.22 bits per heavy atom. The summed E-state index contributed by atoms with van der Waals surface area (Å²) >= 11 is 0. The Hall–Kier alpha value is -4.01. The van der Waals surface area contributed by atoms with Crippen molar-refractivity contribution in [3.63, 3.8) is 0 Å². The maximum absolute atomic E-state index is 14.3. The summed E-state index contributed by atoms with van der Waals surface area (Å²) in [5.41, 5.74) is 0.752. The Morgan fingerprint density at radius 2 is 1.62 bits per heavy atom. The molecule has 194 valence electrons. The number of anilines is 3. The minimum absolute atomic E-state index is 0.0487. The van der Waals surface area contributed by atoms with Gasteiger partial charge < -0.3 is 14.4 Å². The first-order valence-electron chi connectivity index (χ1n) is 11.6. The summed E-state index contributed by atoms with van der Waals surface area (Å²) in [6, 6.07) is 17.4. The smallest absolute Gasteiger partial charge is 0.416 e. The van der Waals surface area contributed by atoms with Crippen molar-refractivity contribution in [2.24, 2.45) is 0 Å². The molecular weight excluding hydrogens is 485 g/mol. The Morgan fingerprint density at radius 1 is 0.973 bits per heavy atom. The van der Waals surface area contributed by atoms with Gasteiger partial charge in [0, 0.05) is 26.9 Å². The molecule has 0 bridgehead atoms. The Labute approximate surface area is 213 Å². The molecule has 3 aromatic carbocycles. The number of benzene rings is 3. The molecule has 0 N–H and O–H groups in total. The number of esters is 1. The normalized spacial score (nSPS) is 17.6. The molecule has 0 radical (unpaired) electrons. The van der Waals surface area contributed by atoms with Gasteiger partial charge in [-0.1, -0.05) is 30.3 Å². The zero-order valence-corrected chi connectivity index (χ0v) is 20.9. The van der Waals surface area contributed by atoms with Crippen molar-refractivity contribution in [2.75, 3.05) is 31.0 Å². The van der Waals surface area contributed by atoms with Crippen LogP contribution in [0, 0.1) is 0 Å². The average molecular weight is 513 g/mol. The highest BCUT2D eigenvalue weighted by Crippen LogP contribution is 2.46. The molecular formula is C28H27F3N2O4. The van der Waals surface area contributed by atoms with Crippen LogP contribution in [0.3, 0.4) is 0 Å². The third-order valence-corrected chi connectivity index (χ3v) is 6.39. The average Bonchev–Trinajstić information content (AvgIpc) is 2.97. The molecule has 1 aliphatic heterocycles. The molecule has 1 aliphatic rings. The standard InChI is InChI=1S/C28H27F3N2O4/c1-17(34)37-26-20(18-12-14-19(36-4)15-13-18)16-21-22(28(29,30)31)8-7-11-23(21)33(27(26)35)25-10-6-5-9-24(25)32(2)3/h5-15,20,26H,16H2,1-4H3/t20-,26+/m0/s1. The molecule has 0 aliphatic carbocycles. The van der Waals surface area contributed by atoms with Crippen LogP contribution in [-0.2, 0) is 26.9 Å². The number of nitrogens with zero attached hydrogens (tertiary/aromatic N) is 2. The van der Waals surface area contributed by atoms with Crippen LogP contribution in [0.4, 0.5) is 30.2 Å². The second-order valence-corrected chi connectivity index (χ2v) is 8.97. The van der Waals surface area contributed by atoms with Gasteiger partial charge in [-0.05, 0) is 53.9 Å². The van der Waals surface area contributed by atoms with Crippen LogP contribution in [0.1, 0.15) is 29.5 Å². The fourth-order valence-electron chi connectivity index (χ4n) is 4.74. The van der Waals surface area contributed by atoms with Crippen molar-refractivity contribution in [1.29, 1.82) is 0 Å². The molecule has 0 unspecified atom stereocenters. The number of methoxy groups -OCH3 is 1. The molecule has 37 heavy (non-hydrogen) atoms. The van der Waals surface area contributed by atoms with Crippen LogP contribution < -0.4 is 14.5 Å². The predicted molar refractivity (Wildman–Crippen MR) is 134 cm³/mol. The van der Waals surface area contributed by atoms with E-state index in [0.29, 0.717) is 22.7 Å². The lowest BCUT2D eigenvalue weighted by molar-refractivity contribution is -0.154. The maximum atomic E-state index is 14.3. The fraction of sp³-hybridized carbons (Fsp3) is 0.286. The van der Waals surface area contributed by atoms with Crippen LogP contribution in [-0.4, -0.2) is 39.2 Å². The second kappa shape index (κ2) is 10.2. The van der Waals surface area contributed by atoms with Gasteiger partial charge in [-0.2, -0.15) is 13.2 Å². The number of alkyl halides is 3. The SMILES string of the molecule is COc1ccc([C@@H]2Cc3c(cccc3C(F)(F)F)N(c3ccccc3N(C)C)C(=O)[C@@H]2OC(C)=O)cc1. The van der Waals surface area contributed by atoms with E-state index in [0.717, 1.165) is 6.07 Å². The molecule has 0 aromatic heterocycles. The lowest BCUT2D eigenvalue weighted by Crippen LogP contribution is -2.41. The number of hydrogen-bond donors (Lipinski definition) is 0. The molecule has 0 fully saturated rings. The van der Waals surface area contributed by atoms with E-state index in [-0.39, 0.29) is 17.7 Å². The molecule has 1 amide bonds. The first-order valence-corrected chi connectivity index (χ1v) is 11.6. The molecule has 3 aromatic rings. The molecule has 9 heteroatoms. The van der Waals surface area contributed by atoms with E-state index in [1.807, 2.05) is 0 Å². The summed E-state index contributed by atoms with van der Waals surface area (Å²) in [5, 5.41) is 0. The van der Waals surface area contributed by atoms with Crippen molar-refractivity contribution < 1.29 is 32.2 Å². The van der Waals surface area contributed by atoms with E-state index >= 15 is 0 Å². The van der Waals surface area contributed by atoms with Crippen LogP contribution in [0.15, 0.2) is 66.7 Å². The van der Waals surface area contributed by atoms with Crippen molar-refractivity contribution in [3.8, 4) is 5.75 Å². The van der Waals surface area contributed by atoms with Crippen molar-refractivity contribution in [1.82, 2.24) is 0 Å². The van der Waals surface area contributed by atoms with Crippen LogP contribution in [0.5, 0.6) is 5.75 Å². The number of amides is 1. The van der Waals surface area contributed by atoms with Gasteiger partial charge in [0.05, 0.1) is 29.7 Å². The summed E-state index contributed by atoms with van der Waals surface area (Å²) in [4.78, 5) is 29.4. The molecule has 0 spiro atoms. The summed E-state index contributed by atoms with van der Waals surface area (Å²) < 4.78 is 53.6. The van der Waals surface area contributed by atoms with Gasteiger partial charge in [-0.15, -0.1) is 0 Å². The highest BCUT2D eigenvalue weighted by atomic mass is 19.4. The van der Waals surface area contributed by atoms with Crippen LogP contribution in [0.2, 0.25) is 0 Å². The Balaban J connectivity index is 2.02. The number of carbonyl (C=O) groups excluding carboxylic acids is 2. The molecule has 2 atom stereocenters. The van der Waals surface area contributed by atoms with E-state index < -0.39 is 35.6 Å². The van der Waals surface area contributed by atoms with Gasteiger partial charge >= 0.3 is 12.1 Å². The number of carbonyl (C=O) groups is 2. The quantitative estimate of drug-likeness (QED) is 0.410. The second-order valence-electron chi connectivity index (χ2n) is 8.97. The van der Waals surface area contributed by atoms with Crippen LogP contribution in [0.25, 0.3) is 0 Å². The molecule has 0 saturated heterocycles. The van der Waals surface area contributed by atoms with Gasteiger partial charge in [0.15, 0.2) is 6.10 Å². The van der Waals surface area contributed by atoms with Gasteiger partial charge in [0.25, 0.3) is 5.91 Å². The molecule has 4 rings (SSSR count). The predicted octanol–water partition coefficient (Wildman–Crippen LogP) is 5.72. The summed E-state index contributed by atoms with van der Waals surface area (Å²) in [6.45, 7) is 1.18. The third kappa shape index (κ3) is 5.12. The highest BCUT2D eigenvalue weighted by Gasteiger charge is 2.45. The lowest BCUT2D eigenvalue weighted by atomic mass is 9.86. The van der Waals surface area contributed by atoms with Crippen molar-refractivity contribution in [3.05, 3.63) is 83.4 Å². The van der Waals surface area contributed by atoms with E-state index in [2.05, 4.69) is 0 Å². The zero-order valence-electron chi connectivity index (χ0n) is 20.9. The minimum Gasteiger partial charge on any atom is -0.497 e. The fourth-order valence-corrected chi connectivity index (χ4v) is 4.74. The molecule has 0 saturated carbocycles. The number of ether oxygens (including phenoxy) is 2. The van der Waals surface area contributed by atoms with Crippen molar-refractivity contribution in [2.45, 2.75) is 31.5 Å². The van der Waals surface area contributed by atoms with Gasteiger partial charge in [-0.3, -0.25) is 14.5 Å². The van der Waals surface area contributed by atoms with E-state index in [1.54, 1.807) is 67.5 Å². The minimum atomic E-state index is -4.66. The maximum Gasteiger partial charge on any atom is 0.416 e. The lowest BCUT2D eigenvalue weighted by Gasteiger charge is -2.31. The Bertz CT molecular complexity index is 1310. The first-order chi connectivity index (χ1) is 17.5. The van der Waals surface area contributed by atoms with Gasteiger partial charge in [-0.25, -0.2) is 0 Å². The summed E-state index contributed by atoms with van der Waals surface area (Å²) in [5.74, 6) is -1.67. The topological polar surface area (TPSA) is 59.1 Å². The molecule has 1 heterocycles. The summed E-state index contributed by atoms with van der Waals surface area (Å²) in [6.07, 6.45) is -6.20. The van der Waals surface area contributed by atoms with Crippen LogP contribution >= 0.6 is 0 Å². The van der Waals surface area contributed by atoms with Crippen molar-refractivity contribution >= 4 is 28.9 Å². The molecule has 6 nitrogen and oxygen atoms in total. The van der Waals surface area contributed by atoms with Gasteiger partial charge in [0.2, 0.25) is 0 Å². The monoisotopic (exact) mass is 512 g/mol. The van der Waals surface area contributed by atoms with Gasteiger partial charge in [0.1, 0.15) is 5.75 Å². The van der Waals surface area contributed by atoms with E-state index in [1.165, 1.54) is 31.1 Å². The van der Waals surface area contributed by atoms with E-state index in [9.17, 15) is 22.8 Å². The number of rotatable bonds is 5. The third-order valence-electron chi connectivity index (χ3n) is 6.39. The van der Waals surface area contributed by atoms with E-state index in [4.69, 9.17) is 9.47 Å². The Kier molecular flexibility index (Phi) is 7.16. The number of hydrogen-bond acceptors (Lipinski definition) is 5. The number of fused-ring (bicyclic) bond motifs is 1.